The zero-order valence-corrected chi connectivity index (χ0v) is 15.1. The highest BCUT2D eigenvalue weighted by Crippen LogP contribution is 2.26. The first-order valence-corrected chi connectivity index (χ1v) is 8.72. The quantitative estimate of drug-likeness (QED) is 0.277. The fourth-order valence-corrected chi connectivity index (χ4v) is 3.51. The van der Waals surface area contributed by atoms with Crippen LogP contribution in [0.5, 0.6) is 0 Å². The molecule has 2 aromatic heterocycles. The topological polar surface area (TPSA) is 90.4 Å². The summed E-state index contributed by atoms with van der Waals surface area (Å²) >= 11 is 13.2. The van der Waals surface area contributed by atoms with Crippen LogP contribution in [-0.2, 0) is 0 Å². The Morgan fingerprint density at radius 1 is 1.32 bits per heavy atom. The Morgan fingerprint density at radius 2 is 2.08 bits per heavy atom. The van der Waals surface area contributed by atoms with Gasteiger partial charge in [0.2, 0.25) is 0 Å². The Kier molecular flexibility index (Phi) is 4.94. The van der Waals surface area contributed by atoms with Crippen molar-refractivity contribution in [3.63, 3.8) is 0 Å². The van der Waals surface area contributed by atoms with Crippen LogP contribution < -0.4 is 0 Å². The van der Waals surface area contributed by atoms with Crippen LogP contribution in [-0.4, -0.2) is 31.1 Å². The zero-order chi connectivity index (χ0) is 18.1. The molecule has 3 rings (SSSR count). The Bertz CT molecular complexity index is 1010. The van der Waals surface area contributed by atoms with E-state index in [2.05, 4.69) is 10.2 Å². The first kappa shape index (κ1) is 17.7. The first-order valence-electron chi connectivity index (χ1n) is 6.97. The molecule has 0 fully saturated rings. The number of hydrogen-bond donors (Lipinski definition) is 0. The van der Waals surface area contributed by atoms with E-state index in [1.807, 2.05) is 0 Å². The van der Waals surface area contributed by atoms with Crippen LogP contribution in [0, 0.1) is 17.0 Å². The SMILES string of the molecule is Cc1ccc(C(=O)CSc2nnc3c(Cl)cc(Cl)cn23)cc1[N+](=O)[O-]. The highest BCUT2D eigenvalue weighted by atomic mass is 35.5. The van der Waals surface area contributed by atoms with Crippen LogP contribution in [0.15, 0.2) is 35.6 Å². The molecule has 0 amide bonds. The summed E-state index contributed by atoms with van der Waals surface area (Å²) in [7, 11) is 0. The number of aryl methyl sites for hydroxylation is 1. The van der Waals surface area contributed by atoms with Gasteiger partial charge in [-0.1, -0.05) is 47.1 Å². The number of thioether (sulfide) groups is 1. The third-order valence-corrected chi connectivity index (χ3v) is 4.88. The summed E-state index contributed by atoms with van der Waals surface area (Å²) in [6.45, 7) is 1.62. The molecule has 128 valence electrons. The number of nitro groups is 1. The van der Waals surface area contributed by atoms with Crippen molar-refractivity contribution in [2.45, 2.75) is 12.1 Å². The van der Waals surface area contributed by atoms with Gasteiger partial charge in [0.1, 0.15) is 0 Å². The fourth-order valence-electron chi connectivity index (χ4n) is 2.19. The molecule has 0 unspecified atom stereocenters. The van der Waals surface area contributed by atoms with Crippen molar-refractivity contribution >= 4 is 52.1 Å². The van der Waals surface area contributed by atoms with Gasteiger partial charge >= 0.3 is 0 Å². The molecule has 10 heteroatoms. The van der Waals surface area contributed by atoms with Crippen molar-refractivity contribution in [2.24, 2.45) is 0 Å². The van der Waals surface area contributed by atoms with E-state index in [-0.39, 0.29) is 22.8 Å². The largest absolute Gasteiger partial charge is 0.293 e. The van der Waals surface area contributed by atoms with Gasteiger partial charge in [-0.25, -0.2) is 0 Å². The molecule has 0 aliphatic heterocycles. The molecule has 0 saturated carbocycles. The van der Waals surface area contributed by atoms with Gasteiger partial charge in [0.15, 0.2) is 16.6 Å². The van der Waals surface area contributed by atoms with Crippen molar-refractivity contribution in [1.82, 2.24) is 14.6 Å². The molecule has 0 bridgehead atoms. The van der Waals surface area contributed by atoms with Gasteiger partial charge in [-0.05, 0) is 13.0 Å². The molecule has 25 heavy (non-hydrogen) atoms. The number of nitrogens with zero attached hydrogens (tertiary/aromatic N) is 4. The van der Waals surface area contributed by atoms with E-state index >= 15 is 0 Å². The third kappa shape index (κ3) is 3.60. The van der Waals surface area contributed by atoms with Gasteiger partial charge in [0.05, 0.1) is 20.7 Å². The Hall–Kier alpha value is -2.16. The highest BCUT2D eigenvalue weighted by Gasteiger charge is 2.17. The van der Waals surface area contributed by atoms with E-state index < -0.39 is 4.92 Å². The molecule has 0 aliphatic carbocycles. The second-order valence-corrected chi connectivity index (χ2v) is 6.94. The number of carbonyl (C=O) groups is 1. The summed E-state index contributed by atoms with van der Waals surface area (Å²) in [6.07, 6.45) is 1.60. The van der Waals surface area contributed by atoms with Crippen LogP contribution in [0.2, 0.25) is 10.0 Å². The van der Waals surface area contributed by atoms with Gasteiger partial charge in [-0.2, -0.15) is 0 Å². The molecule has 0 spiro atoms. The minimum absolute atomic E-state index is 0.0468. The van der Waals surface area contributed by atoms with Crippen molar-refractivity contribution in [2.75, 3.05) is 5.75 Å². The van der Waals surface area contributed by atoms with Crippen molar-refractivity contribution < 1.29 is 9.72 Å². The maximum Gasteiger partial charge on any atom is 0.273 e. The van der Waals surface area contributed by atoms with Crippen LogP contribution in [0.3, 0.4) is 0 Å². The molecular formula is C15H10Cl2N4O3S. The molecule has 0 aliphatic rings. The van der Waals surface area contributed by atoms with Gasteiger partial charge in [-0.15, -0.1) is 10.2 Å². The molecule has 0 N–H and O–H groups in total. The van der Waals surface area contributed by atoms with E-state index in [9.17, 15) is 14.9 Å². The molecule has 7 nitrogen and oxygen atoms in total. The summed E-state index contributed by atoms with van der Waals surface area (Å²) in [4.78, 5) is 22.8. The number of ketones is 1. The standard InChI is InChI=1S/C15H10Cl2N4O3S/c1-8-2-3-9(4-12(8)21(23)24)13(22)7-25-15-19-18-14-11(17)5-10(16)6-20(14)15/h2-6H,7H2,1H3. The lowest BCUT2D eigenvalue weighted by Crippen LogP contribution is -2.04. The van der Waals surface area contributed by atoms with Crippen LogP contribution in [0.1, 0.15) is 15.9 Å². The highest BCUT2D eigenvalue weighted by molar-refractivity contribution is 7.99. The third-order valence-electron chi connectivity index (χ3n) is 3.46. The molecule has 0 saturated heterocycles. The number of rotatable bonds is 5. The maximum absolute atomic E-state index is 12.3. The normalized spacial score (nSPS) is 11.0. The lowest BCUT2D eigenvalue weighted by Gasteiger charge is -2.03. The number of fused-ring (bicyclic) bond motifs is 1. The number of Topliss-reactive ketones (excluding diaryl/α,β-unsaturated/α-hetero) is 1. The summed E-state index contributed by atoms with van der Waals surface area (Å²) in [6, 6.07) is 5.97. The fraction of sp³-hybridized carbons (Fsp3) is 0.133. The van der Waals surface area contributed by atoms with Crippen molar-refractivity contribution in [1.29, 1.82) is 0 Å². The summed E-state index contributed by atoms with van der Waals surface area (Å²) < 4.78 is 1.60. The summed E-state index contributed by atoms with van der Waals surface area (Å²) in [5, 5.41) is 20.2. The number of carbonyl (C=O) groups excluding carboxylic acids is 1. The molecule has 1 aromatic carbocycles. The Labute approximate surface area is 156 Å². The lowest BCUT2D eigenvalue weighted by atomic mass is 10.1. The lowest BCUT2D eigenvalue weighted by molar-refractivity contribution is -0.385. The average molecular weight is 397 g/mol. The smallest absolute Gasteiger partial charge is 0.273 e. The predicted molar refractivity (Wildman–Crippen MR) is 95.9 cm³/mol. The van der Waals surface area contributed by atoms with Crippen molar-refractivity contribution in [3.05, 3.63) is 61.7 Å². The number of benzene rings is 1. The predicted octanol–water partition coefficient (Wildman–Crippen LogP) is 4.23. The number of pyridine rings is 1. The number of nitro benzene ring substituents is 1. The van der Waals surface area contributed by atoms with Gasteiger partial charge in [0, 0.05) is 23.4 Å². The molecule has 2 heterocycles. The van der Waals surface area contributed by atoms with E-state index in [0.29, 0.717) is 26.4 Å². The van der Waals surface area contributed by atoms with E-state index in [4.69, 9.17) is 23.2 Å². The first-order chi connectivity index (χ1) is 11.9. The van der Waals surface area contributed by atoms with Crippen LogP contribution in [0.25, 0.3) is 5.65 Å². The van der Waals surface area contributed by atoms with E-state index in [1.54, 1.807) is 35.7 Å². The minimum atomic E-state index is -0.505. The molecule has 0 radical (unpaired) electrons. The Balaban J connectivity index is 1.81. The summed E-state index contributed by atoms with van der Waals surface area (Å²) in [5.41, 5.74) is 1.13. The monoisotopic (exact) mass is 396 g/mol. The molecule has 3 aromatic rings. The van der Waals surface area contributed by atoms with Gasteiger partial charge in [-0.3, -0.25) is 19.3 Å². The van der Waals surface area contributed by atoms with E-state index in [0.717, 1.165) is 11.8 Å². The van der Waals surface area contributed by atoms with Crippen molar-refractivity contribution in [3.8, 4) is 0 Å². The molecule has 0 atom stereocenters. The minimum Gasteiger partial charge on any atom is -0.293 e. The number of halogens is 2. The molecular weight excluding hydrogens is 387 g/mol. The second kappa shape index (κ2) is 6.99. The van der Waals surface area contributed by atoms with Gasteiger partial charge in [0.25, 0.3) is 5.69 Å². The number of hydrogen-bond acceptors (Lipinski definition) is 6. The van der Waals surface area contributed by atoms with Gasteiger partial charge < -0.3 is 0 Å². The summed E-state index contributed by atoms with van der Waals surface area (Å²) in [5.74, 6) is -0.205. The zero-order valence-electron chi connectivity index (χ0n) is 12.8. The number of aromatic nitrogens is 3. The van der Waals surface area contributed by atoms with Crippen LogP contribution in [0.4, 0.5) is 5.69 Å². The second-order valence-electron chi connectivity index (χ2n) is 5.15. The maximum atomic E-state index is 12.3. The van der Waals surface area contributed by atoms with Crippen LogP contribution >= 0.6 is 35.0 Å². The average Bonchev–Trinajstić information content (AvgIpc) is 2.96. The van der Waals surface area contributed by atoms with E-state index in [1.165, 1.54) is 6.07 Å². The Morgan fingerprint density at radius 3 is 2.80 bits per heavy atom.